The molecule has 1 saturated heterocycles. The van der Waals surface area contributed by atoms with Crippen LogP contribution in [0.1, 0.15) is 43.5 Å². The zero-order chi connectivity index (χ0) is 17.7. The molecular formula is C24H29ClN2. The first-order valence-corrected chi connectivity index (χ1v) is 10.1. The van der Waals surface area contributed by atoms with Crippen molar-refractivity contribution in [2.45, 2.75) is 45.2 Å². The fourth-order valence-corrected chi connectivity index (χ4v) is 5.38. The minimum atomic E-state index is 0. The number of rotatable bonds is 2. The third-order valence-electron chi connectivity index (χ3n) is 6.76. The summed E-state index contributed by atoms with van der Waals surface area (Å²) in [6.07, 6.45) is 3.78. The number of aromatic nitrogens is 1. The van der Waals surface area contributed by atoms with Gasteiger partial charge in [0.05, 0.1) is 5.54 Å². The lowest BCUT2D eigenvalue weighted by Crippen LogP contribution is -2.54. The van der Waals surface area contributed by atoms with E-state index in [1.807, 2.05) is 0 Å². The Bertz CT molecular complexity index is 946. The summed E-state index contributed by atoms with van der Waals surface area (Å²) in [6.45, 7) is 8.32. The SMILES string of the molecule is CC1CC[C@]2(C)c3c(c4ccccc4n3Cc3ccccc3)CCN2C1.Cl. The van der Waals surface area contributed by atoms with E-state index < -0.39 is 0 Å². The van der Waals surface area contributed by atoms with Gasteiger partial charge in [-0.1, -0.05) is 55.5 Å². The molecule has 3 heteroatoms. The average molecular weight is 381 g/mol. The zero-order valence-corrected chi connectivity index (χ0v) is 17.1. The monoisotopic (exact) mass is 380 g/mol. The summed E-state index contributed by atoms with van der Waals surface area (Å²) in [6, 6.07) is 20.0. The summed E-state index contributed by atoms with van der Waals surface area (Å²) >= 11 is 0. The van der Waals surface area contributed by atoms with E-state index in [2.05, 4.69) is 77.9 Å². The second-order valence-electron chi connectivity index (χ2n) is 8.53. The first-order chi connectivity index (χ1) is 12.7. The van der Waals surface area contributed by atoms with E-state index in [0.29, 0.717) is 0 Å². The molecule has 1 aromatic heterocycles. The fraction of sp³-hybridized carbons (Fsp3) is 0.417. The molecule has 0 amide bonds. The number of nitrogens with zero attached hydrogens (tertiary/aromatic N) is 2. The van der Waals surface area contributed by atoms with Gasteiger partial charge in [-0.15, -0.1) is 12.4 Å². The molecule has 5 rings (SSSR count). The van der Waals surface area contributed by atoms with Crippen molar-refractivity contribution in [1.29, 1.82) is 0 Å². The number of fused-ring (bicyclic) bond motifs is 5. The molecule has 3 heterocycles. The molecular weight excluding hydrogens is 352 g/mol. The van der Waals surface area contributed by atoms with Gasteiger partial charge in [-0.05, 0) is 49.3 Å². The molecule has 3 aromatic rings. The smallest absolute Gasteiger partial charge is 0.0588 e. The Hall–Kier alpha value is -1.77. The highest BCUT2D eigenvalue weighted by atomic mass is 35.5. The molecule has 2 aliphatic rings. The molecule has 0 spiro atoms. The van der Waals surface area contributed by atoms with Crippen LogP contribution in [0.5, 0.6) is 0 Å². The van der Waals surface area contributed by atoms with Crippen molar-refractivity contribution in [1.82, 2.24) is 9.47 Å². The summed E-state index contributed by atoms with van der Waals surface area (Å²) in [7, 11) is 0. The highest BCUT2D eigenvalue weighted by Gasteiger charge is 2.44. The molecule has 2 aromatic carbocycles. The van der Waals surface area contributed by atoms with Gasteiger partial charge < -0.3 is 4.57 Å². The Balaban J connectivity index is 0.00000180. The second-order valence-corrected chi connectivity index (χ2v) is 8.53. The van der Waals surface area contributed by atoms with E-state index >= 15 is 0 Å². The normalized spacial score (nSPS) is 24.9. The highest BCUT2D eigenvalue weighted by molar-refractivity contribution is 5.86. The van der Waals surface area contributed by atoms with Crippen LogP contribution in [0, 0.1) is 5.92 Å². The van der Waals surface area contributed by atoms with Gasteiger partial charge in [0.2, 0.25) is 0 Å². The van der Waals surface area contributed by atoms with Crippen LogP contribution in [-0.2, 0) is 18.5 Å². The molecule has 27 heavy (non-hydrogen) atoms. The third-order valence-corrected chi connectivity index (χ3v) is 6.76. The Morgan fingerprint density at radius 1 is 1.04 bits per heavy atom. The van der Waals surface area contributed by atoms with E-state index in [9.17, 15) is 0 Å². The van der Waals surface area contributed by atoms with Gasteiger partial charge in [-0.3, -0.25) is 4.90 Å². The van der Waals surface area contributed by atoms with Gasteiger partial charge in [0.1, 0.15) is 0 Å². The fourth-order valence-electron chi connectivity index (χ4n) is 5.38. The number of para-hydroxylation sites is 1. The molecule has 0 bridgehead atoms. The summed E-state index contributed by atoms with van der Waals surface area (Å²) in [5.74, 6) is 0.816. The van der Waals surface area contributed by atoms with E-state index in [4.69, 9.17) is 0 Å². The summed E-state index contributed by atoms with van der Waals surface area (Å²) < 4.78 is 2.63. The number of hydrogen-bond donors (Lipinski definition) is 0. The van der Waals surface area contributed by atoms with Crippen LogP contribution < -0.4 is 0 Å². The Morgan fingerprint density at radius 3 is 2.59 bits per heavy atom. The van der Waals surface area contributed by atoms with Crippen LogP contribution >= 0.6 is 12.4 Å². The van der Waals surface area contributed by atoms with Crippen LogP contribution in [0.2, 0.25) is 0 Å². The third kappa shape index (κ3) is 2.90. The maximum atomic E-state index is 2.77. The van der Waals surface area contributed by atoms with E-state index in [0.717, 1.165) is 12.5 Å². The molecule has 0 aliphatic carbocycles. The maximum Gasteiger partial charge on any atom is 0.0588 e. The summed E-state index contributed by atoms with van der Waals surface area (Å²) in [5.41, 5.74) is 6.16. The lowest BCUT2D eigenvalue weighted by Gasteiger charge is -2.50. The van der Waals surface area contributed by atoms with Crippen LogP contribution in [0.3, 0.4) is 0 Å². The van der Waals surface area contributed by atoms with Crippen LogP contribution in [-0.4, -0.2) is 22.6 Å². The molecule has 2 atom stereocenters. The minimum absolute atomic E-state index is 0. The molecule has 0 saturated carbocycles. The second kappa shape index (κ2) is 7.00. The topological polar surface area (TPSA) is 8.17 Å². The van der Waals surface area contributed by atoms with Gasteiger partial charge in [-0.2, -0.15) is 0 Å². The van der Waals surface area contributed by atoms with Crippen LogP contribution in [0.15, 0.2) is 54.6 Å². The van der Waals surface area contributed by atoms with E-state index in [1.54, 1.807) is 11.3 Å². The highest BCUT2D eigenvalue weighted by Crippen LogP contribution is 2.46. The predicted octanol–water partition coefficient (Wildman–Crippen LogP) is 5.61. The van der Waals surface area contributed by atoms with Crippen LogP contribution in [0.25, 0.3) is 10.9 Å². The van der Waals surface area contributed by atoms with Gasteiger partial charge in [0, 0.05) is 36.2 Å². The van der Waals surface area contributed by atoms with E-state index in [1.165, 1.54) is 48.8 Å². The molecule has 0 N–H and O–H groups in total. The van der Waals surface area contributed by atoms with E-state index in [-0.39, 0.29) is 17.9 Å². The van der Waals surface area contributed by atoms with Gasteiger partial charge in [-0.25, -0.2) is 0 Å². The van der Waals surface area contributed by atoms with Crippen molar-refractivity contribution >= 4 is 23.3 Å². The van der Waals surface area contributed by atoms with Crippen molar-refractivity contribution in [2.24, 2.45) is 5.92 Å². The largest absolute Gasteiger partial charge is 0.338 e. The number of hydrogen-bond acceptors (Lipinski definition) is 1. The number of benzene rings is 2. The number of halogens is 1. The predicted molar refractivity (Wildman–Crippen MR) is 116 cm³/mol. The maximum absolute atomic E-state index is 2.77. The molecule has 142 valence electrons. The van der Waals surface area contributed by atoms with Gasteiger partial charge >= 0.3 is 0 Å². The zero-order valence-electron chi connectivity index (χ0n) is 16.3. The number of piperidine rings is 1. The van der Waals surface area contributed by atoms with Crippen molar-refractivity contribution in [3.05, 3.63) is 71.4 Å². The quantitative estimate of drug-likeness (QED) is 0.560. The molecule has 1 unspecified atom stereocenters. The average Bonchev–Trinajstić information content (AvgIpc) is 2.98. The van der Waals surface area contributed by atoms with Crippen LogP contribution in [0.4, 0.5) is 0 Å². The Morgan fingerprint density at radius 2 is 1.78 bits per heavy atom. The van der Waals surface area contributed by atoms with Crippen molar-refractivity contribution in [3.63, 3.8) is 0 Å². The molecule has 2 nitrogen and oxygen atoms in total. The van der Waals surface area contributed by atoms with Gasteiger partial charge in [0.25, 0.3) is 0 Å². The lowest BCUT2D eigenvalue weighted by molar-refractivity contribution is 0.0195. The van der Waals surface area contributed by atoms with Gasteiger partial charge in [0.15, 0.2) is 0 Å². The Labute approximate surface area is 168 Å². The van der Waals surface area contributed by atoms with Crippen molar-refractivity contribution in [3.8, 4) is 0 Å². The first kappa shape index (κ1) is 18.6. The Kier molecular flexibility index (Phi) is 4.82. The summed E-state index contributed by atoms with van der Waals surface area (Å²) in [5, 5.41) is 1.47. The molecule has 1 fully saturated rings. The first-order valence-electron chi connectivity index (χ1n) is 10.1. The lowest BCUT2D eigenvalue weighted by atomic mass is 9.77. The molecule has 2 aliphatic heterocycles. The summed E-state index contributed by atoms with van der Waals surface area (Å²) in [4.78, 5) is 2.77. The standard InChI is InChI=1S/C24H28N2.ClH/c1-18-12-14-24(2)23-21(13-15-25(24)16-18)20-10-6-7-11-22(20)26(23)17-19-8-4-3-5-9-19;/h3-11,18H,12-17H2,1-2H3;1H/t18?,24-;/m1./s1. The van der Waals surface area contributed by atoms with Crippen molar-refractivity contribution < 1.29 is 0 Å². The van der Waals surface area contributed by atoms with Crippen molar-refractivity contribution in [2.75, 3.05) is 13.1 Å². The minimum Gasteiger partial charge on any atom is -0.338 e. The molecule has 0 radical (unpaired) electrons.